The van der Waals surface area contributed by atoms with Gasteiger partial charge in [-0.25, -0.2) is 4.98 Å². The minimum absolute atomic E-state index is 0.520. The van der Waals surface area contributed by atoms with E-state index in [0.29, 0.717) is 29.8 Å². The lowest BCUT2D eigenvalue weighted by Crippen LogP contribution is -2.06. The largest absolute Gasteiger partial charge is 0.493 e. The molecular weight excluding hydrogens is 320 g/mol. The number of hydrogen-bond acceptors (Lipinski definition) is 7. The molecule has 0 aliphatic carbocycles. The van der Waals surface area contributed by atoms with Gasteiger partial charge in [-0.3, -0.25) is 0 Å². The molecule has 0 aliphatic heterocycles. The number of hydrogen-bond donors (Lipinski definition) is 2. The SMILES string of the molecule is COc1ccc(Nc2cc(C)nc(NCc3ccco3)n2)cc1OC. The average molecular weight is 340 g/mol. The fourth-order valence-corrected chi connectivity index (χ4v) is 2.35. The fourth-order valence-electron chi connectivity index (χ4n) is 2.35. The van der Waals surface area contributed by atoms with Crippen LogP contribution in [0.5, 0.6) is 11.5 Å². The third-order valence-electron chi connectivity index (χ3n) is 3.51. The van der Waals surface area contributed by atoms with Crippen LogP contribution in [0.4, 0.5) is 17.5 Å². The van der Waals surface area contributed by atoms with Crippen molar-refractivity contribution in [1.82, 2.24) is 9.97 Å². The number of aryl methyl sites for hydroxylation is 1. The average Bonchev–Trinajstić information content (AvgIpc) is 3.13. The molecule has 0 fully saturated rings. The Labute approximate surface area is 146 Å². The molecule has 130 valence electrons. The second-order valence-corrected chi connectivity index (χ2v) is 5.35. The lowest BCUT2D eigenvalue weighted by molar-refractivity contribution is 0.355. The first-order chi connectivity index (χ1) is 12.2. The molecule has 7 heteroatoms. The van der Waals surface area contributed by atoms with Gasteiger partial charge in [0.25, 0.3) is 0 Å². The number of nitrogens with zero attached hydrogens (tertiary/aromatic N) is 2. The van der Waals surface area contributed by atoms with Crippen LogP contribution in [0.1, 0.15) is 11.5 Å². The fraction of sp³-hybridized carbons (Fsp3) is 0.222. The van der Waals surface area contributed by atoms with E-state index in [1.807, 2.05) is 43.3 Å². The zero-order chi connectivity index (χ0) is 17.6. The predicted octanol–water partition coefficient (Wildman–Crippen LogP) is 3.75. The van der Waals surface area contributed by atoms with E-state index in [-0.39, 0.29) is 0 Å². The van der Waals surface area contributed by atoms with E-state index in [9.17, 15) is 0 Å². The van der Waals surface area contributed by atoms with Crippen LogP contribution in [0.3, 0.4) is 0 Å². The van der Waals surface area contributed by atoms with Crippen LogP contribution in [0.2, 0.25) is 0 Å². The summed E-state index contributed by atoms with van der Waals surface area (Å²) in [5.74, 6) is 3.35. The van der Waals surface area contributed by atoms with Crippen molar-refractivity contribution >= 4 is 17.5 Å². The van der Waals surface area contributed by atoms with Gasteiger partial charge in [0.1, 0.15) is 11.6 Å². The van der Waals surface area contributed by atoms with Gasteiger partial charge in [-0.1, -0.05) is 0 Å². The molecule has 3 aromatic rings. The highest BCUT2D eigenvalue weighted by Crippen LogP contribution is 2.31. The first-order valence-electron chi connectivity index (χ1n) is 7.79. The molecule has 2 N–H and O–H groups in total. The zero-order valence-corrected chi connectivity index (χ0v) is 14.4. The molecule has 7 nitrogen and oxygen atoms in total. The van der Waals surface area contributed by atoms with E-state index >= 15 is 0 Å². The highest BCUT2D eigenvalue weighted by Gasteiger charge is 2.07. The Balaban J connectivity index is 1.76. The van der Waals surface area contributed by atoms with Crippen molar-refractivity contribution in [3.63, 3.8) is 0 Å². The van der Waals surface area contributed by atoms with Crippen molar-refractivity contribution in [2.24, 2.45) is 0 Å². The van der Waals surface area contributed by atoms with Crippen LogP contribution in [-0.2, 0) is 6.54 Å². The van der Waals surface area contributed by atoms with Crippen LogP contribution < -0.4 is 20.1 Å². The molecule has 0 bridgehead atoms. The number of rotatable bonds is 7. The molecule has 0 saturated carbocycles. The van der Waals surface area contributed by atoms with Crippen LogP contribution in [0.25, 0.3) is 0 Å². The third kappa shape index (κ3) is 4.20. The number of anilines is 3. The summed E-state index contributed by atoms with van der Waals surface area (Å²) < 4.78 is 15.9. The summed E-state index contributed by atoms with van der Waals surface area (Å²) in [5.41, 5.74) is 1.69. The first kappa shape index (κ1) is 16.6. The molecule has 0 atom stereocenters. The van der Waals surface area contributed by atoms with E-state index < -0.39 is 0 Å². The molecule has 2 aromatic heterocycles. The van der Waals surface area contributed by atoms with E-state index in [1.165, 1.54) is 0 Å². The van der Waals surface area contributed by atoms with Crippen LogP contribution in [0, 0.1) is 6.92 Å². The molecule has 0 spiro atoms. The maximum Gasteiger partial charge on any atom is 0.225 e. The molecule has 25 heavy (non-hydrogen) atoms. The molecular formula is C18H20N4O3. The van der Waals surface area contributed by atoms with Gasteiger partial charge >= 0.3 is 0 Å². The number of ether oxygens (including phenoxy) is 2. The summed E-state index contributed by atoms with van der Waals surface area (Å²) in [6.45, 7) is 2.44. The van der Waals surface area contributed by atoms with Gasteiger partial charge in [0.2, 0.25) is 5.95 Å². The number of nitrogens with one attached hydrogen (secondary N) is 2. The van der Waals surface area contributed by atoms with Gasteiger partial charge in [0.05, 0.1) is 27.0 Å². The van der Waals surface area contributed by atoms with E-state index in [2.05, 4.69) is 20.6 Å². The van der Waals surface area contributed by atoms with Gasteiger partial charge in [-0.15, -0.1) is 0 Å². The molecule has 0 saturated heterocycles. The quantitative estimate of drug-likeness (QED) is 0.678. The highest BCUT2D eigenvalue weighted by atomic mass is 16.5. The van der Waals surface area contributed by atoms with Crippen molar-refractivity contribution in [1.29, 1.82) is 0 Å². The van der Waals surface area contributed by atoms with Crippen molar-refractivity contribution < 1.29 is 13.9 Å². The molecule has 0 unspecified atom stereocenters. The Morgan fingerprint density at radius 3 is 2.60 bits per heavy atom. The molecule has 3 rings (SSSR count). The highest BCUT2D eigenvalue weighted by molar-refractivity contribution is 5.62. The second-order valence-electron chi connectivity index (χ2n) is 5.35. The van der Waals surface area contributed by atoms with Crippen LogP contribution >= 0.6 is 0 Å². The predicted molar refractivity (Wildman–Crippen MR) is 95.6 cm³/mol. The van der Waals surface area contributed by atoms with Gasteiger partial charge in [0.15, 0.2) is 11.5 Å². The van der Waals surface area contributed by atoms with Crippen molar-refractivity contribution in [3.05, 3.63) is 54.1 Å². The normalized spacial score (nSPS) is 10.4. The summed E-state index contributed by atoms with van der Waals surface area (Å²) in [4.78, 5) is 8.87. The Hall–Kier alpha value is -3.22. The lowest BCUT2D eigenvalue weighted by Gasteiger charge is -2.12. The van der Waals surface area contributed by atoms with Gasteiger partial charge < -0.3 is 24.5 Å². The van der Waals surface area contributed by atoms with Crippen LogP contribution in [-0.4, -0.2) is 24.2 Å². The Morgan fingerprint density at radius 2 is 1.88 bits per heavy atom. The zero-order valence-electron chi connectivity index (χ0n) is 14.4. The number of benzene rings is 1. The number of furan rings is 1. The Bertz CT molecular complexity index is 834. The second kappa shape index (κ2) is 7.57. The van der Waals surface area contributed by atoms with Gasteiger partial charge in [-0.05, 0) is 31.2 Å². The summed E-state index contributed by atoms with van der Waals surface area (Å²) in [6.07, 6.45) is 1.64. The molecule has 0 radical (unpaired) electrons. The molecule has 0 aliphatic rings. The summed E-state index contributed by atoms with van der Waals surface area (Å²) >= 11 is 0. The smallest absolute Gasteiger partial charge is 0.225 e. The number of aromatic nitrogens is 2. The van der Waals surface area contributed by atoms with E-state index in [0.717, 1.165) is 17.1 Å². The summed E-state index contributed by atoms with van der Waals surface area (Å²) in [6, 6.07) is 11.2. The minimum Gasteiger partial charge on any atom is -0.493 e. The Morgan fingerprint density at radius 1 is 1.04 bits per heavy atom. The maximum atomic E-state index is 5.32. The molecule has 2 heterocycles. The van der Waals surface area contributed by atoms with E-state index in [4.69, 9.17) is 13.9 Å². The van der Waals surface area contributed by atoms with Gasteiger partial charge in [0, 0.05) is 23.5 Å². The minimum atomic E-state index is 0.520. The lowest BCUT2D eigenvalue weighted by atomic mass is 10.2. The molecule has 0 amide bonds. The number of methoxy groups -OCH3 is 2. The standard InChI is InChI=1S/C18H20N4O3/c1-12-9-17(21-13-6-7-15(23-2)16(10-13)24-3)22-18(20-12)19-11-14-5-4-8-25-14/h4-10H,11H2,1-3H3,(H2,19,20,21,22). The Kier molecular flexibility index (Phi) is 5.03. The van der Waals surface area contributed by atoms with E-state index in [1.54, 1.807) is 20.5 Å². The summed E-state index contributed by atoms with van der Waals surface area (Å²) in [7, 11) is 3.21. The van der Waals surface area contributed by atoms with Crippen molar-refractivity contribution in [3.8, 4) is 11.5 Å². The monoisotopic (exact) mass is 340 g/mol. The van der Waals surface area contributed by atoms with Crippen LogP contribution in [0.15, 0.2) is 47.1 Å². The van der Waals surface area contributed by atoms with Crippen molar-refractivity contribution in [2.75, 3.05) is 24.9 Å². The molecule has 1 aromatic carbocycles. The van der Waals surface area contributed by atoms with Gasteiger partial charge in [-0.2, -0.15) is 4.98 Å². The first-order valence-corrected chi connectivity index (χ1v) is 7.79. The third-order valence-corrected chi connectivity index (χ3v) is 3.51. The van der Waals surface area contributed by atoms with Crippen molar-refractivity contribution in [2.45, 2.75) is 13.5 Å². The summed E-state index contributed by atoms with van der Waals surface area (Å²) in [5, 5.41) is 6.41. The topological polar surface area (TPSA) is 81.4 Å². The maximum absolute atomic E-state index is 5.32.